The number of hydrogen-bond acceptors (Lipinski definition) is 11. The zero-order valence-corrected chi connectivity index (χ0v) is 37.1. The van der Waals surface area contributed by atoms with Gasteiger partial charge >= 0.3 is 0 Å². The van der Waals surface area contributed by atoms with Gasteiger partial charge < -0.3 is 29.9 Å². The maximum Gasteiger partial charge on any atom is 0.137 e. The van der Waals surface area contributed by atoms with Gasteiger partial charge in [-0.1, -0.05) is 23.7 Å². The van der Waals surface area contributed by atoms with Gasteiger partial charge in [0.15, 0.2) is 0 Å². The monoisotopic (exact) mass is 923 g/mol. The van der Waals surface area contributed by atoms with Gasteiger partial charge in [0.05, 0.1) is 94.0 Å². The van der Waals surface area contributed by atoms with Gasteiger partial charge in [-0.2, -0.15) is 5.26 Å². The van der Waals surface area contributed by atoms with Gasteiger partial charge in [0.1, 0.15) is 23.3 Å². The van der Waals surface area contributed by atoms with Crippen molar-refractivity contribution in [2.45, 2.75) is 13.8 Å². The molecule has 16 heteroatoms. The van der Waals surface area contributed by atoms with Crippen molar-refractivity contribution in [2.24, 2.45) is 0 Å². The van der Waals surface area contributed by atoms with Gasteiger partial charge in [-0.3, -0.25) is 9.97 Å². The molecule has 2 aliphatic rings. The second-order valence-corrected chi connectivity index (χ2v) is 16.4. The molecule has 0 spiro atoms. The number of nitrogens with one attached hydrogen (secondary N) is 2. The van der Waals surface area contributed by atoms with Crippen molar-refractivity contribution >= 4 is 67.5 Å². The lowest BCUT2D eigenvalue weighted by Crippen LogP contribution is -2.36. The molecule has 2 N–H and O–H groups in total. The Morgan fingerprint density at radius 1 is 0.597 bits per heavy atom. The number of benzene rings is 4. The fourth-order valence-electron chi connectivity index (χ4n) is 8.32. The summed E-state index contributed by atoms with van der Waals surface area (Å²) >= 11 is 6.43. The molecule has 10 rings (SSSR count). The van der Waals surface area contributed by atoms with Crippen molar-refractivity contribution < 1.29 is 27.0 Å². The molecule has 2 fully saturated rings. The van der Waals surface area contributed by atoms with Crippen LogP contribution in [-0.2, 0) is 9.47 Å². The summed E-state index contributed by atoms with van der Waals surface area (Å²) in [6, 6.07) is 28.3. The number of rotatable bonds is 8. The Balaban J connectivity index is 0.000000168. The number of nitriles is 1. The number of fused-ring (bicyclic) bond motifs is 2. The van der Waals surface area contributed by atoms with Crippen LogP contribution < -0.4 is 20.4 Å². The van der Waals surface area contributed by atoms with Crippen LogP contribution in [0, 0.1) is 48.4 Å². The molecular weight excluding hydrogens is 882 g/mol. The Morgan fingerprint density at radius 2 is 1.06 bits per heavy atom. The van der Waals surface area contributed by atoms with E-state index in [9.17, 15) is 18.4 Å². The normalized spacial score (nSPS) is 13.8. The number of pyridine rings is 4. The molecule has 11 nitrogen and oxygen atoms in total. The molecule has 0 unspecified atom stereocenters. The zero-order chi connectivity index (χ0) is 46.6. The molecule has 8 aromatic rings. The van der Waals surface area contributed by atoms with E-state index in [1.165, 1.54) is 12.1 Å². The third kappa shape index (κ3) is 9.78. The average molecular weight is 924 g/mol. The van der Waals surface area contributed by atoms with E-state index in [0.717, 1.165) is 36.6 Å². The number of ether oxygens (including phenoxy) is 2. The third-order valence-electron chi connectivity index (χ3n) is 11.5. The van der Waals surface area contributed by atoms with Crippen molar-refractivity contribution in [2.75, 3.05) is 73.0 Å². The van der Waals surface area contributed by atoms with Crippen molar-refractivity contribution in [1.82, 2.24) is 19.9 Å². The lowest BCUT2D eigenvalue weighted by atomic mass is 10.0. The molecule has 0 atom stereocenters. The standard InChI is InChI=1S/C26H21F2N5O.C25H21ClF2N4O/c1-16-25(22-4-2-3-5-30-22)32-23-13-18(27)12-21(28)24(23)26(16)31-19-10-17(15-29)11-20(14-19)33-6-8-34-9-7-33;1-15-24(21-4-2-3-5-29-21)31-22-13-17(27)12-20(28)23(22)25(15)30-18-10-16(26)11-19(14-18)32-6-8-33-9-7-32/h2-5,10-14H,6-9H2,1H3,(H,31,32);2-5,10-14H,6-9H2,1H3,(H,30,31). The van der Waals surface area contributed by atoms with E-state index < -0.39 is 23.3 Å². The summed E-state index contributed by atoms with van der Waals surface area (Å²) in [6.45, 7) is 9.11. The summed E-state index contributed by atoms with van der Waals surface area (Å²) in [5.41, 5.74) is 8.55. The van der Waals surface area contributed by atoms with Crippen LogP contribution in [0.25, 0.3) is 44.6 Å². The highest BCUT2D eigenvalue weighted by Gasteiger charge is 2.22. The highest BCUT2D eigenvalue weighted by atomic mass is 35.5. The van der Waals surface area contributed by atoms with E-state index in [-0.39, 0.29) is 21.8 Å². The average Bonchev–Trinajstić information content (AvgIpc) is 3.34. The summed E-state index contributed by atoms with van der Waals surface area (Å²) in [4.78, 5) is 22.2. The molecule has 0 aliphatic carbocycles. The van der Waals surface area contributed by atoms with Crippen LogP contribution in [0.3, 0.4) is 0 Å². The van der Waals surface area contributed by atoms with Crippen LogP contribution in [0.4, 0.5) is 51.7 Å². The number of anilines is 6. The van der Waals surface area contributed by atoms with Gasteiger partial charge in [0.2, 0.25) is 0 Å². The molecule has 338 valence electrons. The lowest BCUT2D eigenvalue weighted by Gasteiger charge is -2.29. The van der Waals surface area contributed by atoms with Crippen LogP contribution >= 0.6 is 11.6 Å². The predicted octanol–water partition coefficient (Wildman–Crippen LogP) is 11.5. The summed E-state index contributed by atoms with van der Waals surface area (Å²) < 4.78 is 69.0. The Kier molecular flexibility index (Phi) is 13.1. The predicted molar refractivity (Wildman–Crippen MR) is 254 cm³/mol. The first-order valence-corrected chi connectivity index (χ1v) is 21.9. The van der Waals surface area contributed by atoms with Gasteiger partial charge in [-0.15, -0.1) is 0 Å². The maximum absolute atomic E-state index is 15.0. The summed E-state index contributed by atoms with van der Waals surface area (Å²) in [5.74, 6) is -2.80. The molecule has 4 aromatic heterocycles. The van der Waals surface area contributed by atoms with Crippen LogP contribution in [0.15, 0.2) is 109 Å². The van der Waals surface area contributed by atoms with Crippen LogP contribution in [0.2, 0.25) is 5.02 Å². The topological polar surface area (TPSA) is 124 Å². The van der Waals surface area contributed by atoms with Gasteiger partial charge in [0, 0.05) is 102 Å². The fourth-order valence-corrected chi connectivity index (χ4v) is 8.55. The summed E-state index contributed by atoms with van der Waals surface area (Å²) in [7, 11) is 0. The first-order chi connectivity index (χ1) is 32.5. The van der Waals surface area contributed by atoms with E-state index in [1.54, 1.807) is 42.7 Å². The number of halogens is 5. The van der Waals surface area contributed by atoms with Crippen molar-refractivity contribution in [3.63, 3.8) is 0 Å². The number of nitrogens with zero attached hydrogens (tertiary/aromatic N) is 7. The quantitative estimate of drug-likeness (QED) is 0.142. The third-order valence-corrected chi connectivity index (χ3v) is 11.7. The highest BCUT2D eigenvalue weighted by molar-refractivity contribution is 6.31. The number of hydrogen-bond donors (Lipinski definition) is 2. The Hall–Kier alpha value is -7.38. The molecule has 0 radical (unpaired) electrons. The van der Waals surface area contributed by atoms with Crippen molar-refractivity contribution in [1.29, 1.82) is 5.26 Å². The Bertz CT molecular complexity index is 3170. The van der Waals surface area contributed by atoms with Crippen molar-refractivity contribution in [3.05, 3.63) is 154 Å². The molecule has 0 bridgehead atoms. The van der Waals surface area contributed by atoms with Crippen LogP contribution in [0.1, 0.15) is 16.7 Å². The molecule has 0 amide bonds. The second-order valence-electron chi connectivity index (χ2n) is 15.9. The first-order valence-electron chi connectivity index (χ1n) is 21.5. The minimum atomic E-state index is -0.717. The maximum atomic E-state index is 15.0. The smallest absolute Gasteiger partial charge is 0.137 e. The molecule has 4 aromatic carbocycles. The van der Waals surface area contributed by atoms with Gasteiger partial charge in [0.25, 0.3) is 0 Å². The minimum Gasteiger partial charge on any atom is -0.378 e. The van der Waals surface area contributed by atoms with E-state index in [2.05, 4.69) is 46.4 Å². The molecule has 0 saturated carbocycles. The summed E-state index contributed by atoms with van der Waals surface area (Å²) in [6.07, 6.45) is 3.30. The Labute approximate surface area is 388 Å². The number of aromatic nitrogens is 4. The minimum absolute atomic E-state index is 0.175. The summed E-state index contributed by atoms with van der Waals surface area (Å²) in [5, 5.41) is 17.2. The molecule has 6 heterocycles. The van der Waals surface area contributed by atoms with E-state index in [1.807, 2.05) is 56.3 Å². The number of morpholine rings is 2. The molecule has 2 aliphatic heterocycles. The van der Waals surface area contributed by atoms with E-state index in [4.69, 9.17) is 21.1 Å². The zero-order valence-electron chi connectivity index (χ0n) is 36.4. The first kappa shape index (κ1) is 44.8. The van der Waals surface area contributed by atoms with Gasteiger partial charge in [-0.05, 0) is 74.5 Å². The largest absolute Gasteiger partial charge is 0.378 e. The van der Waals surface area contributed by atoms with Gasteiger partial charge in [-0.25, -0.2) is 27.5 Å². The molecule has 2 saturated heterocycles. The lowest BCUT2D eigenvalue weighted by molar-refractivity contribution is 0.122. The SMILES string of the molecule is Cc1c(-c2ccccn2)nc2cc(F)cc(F)c2c1Nc1cc(C#N)cc(N2CCOCC2)c1.Cc1c(-c2ccccn2)nc2cc(F)cc(F)c2c1Nc1cc(Cl)cc(N2CCOCC2)c1. The fraction of sp³-hybridized carbons (Fsp3) is 0.196. The van der Waals surface area contributed by atoms with Crippen LogP contribution in [-0.4, -0.2) is 72.5 Å². The highest BCUT2D eigenvalue weighted by Crippen LogP contribution is 2.40. The van der Waals surface area contributed by atoms with E-state index >= 15 is 4.39 Å². The molecular formula is C51H42ClF4N9O2. The van der Waals surface area contributed by atoms with Crippen molar-refractivity contribution in [3.8, 4) is 28.8 Å². The Morgan fingerprint density at radius 3 is 1.51 bits per heavy atom. The van der Waals surface area contributed by atoms with E-state index in [0.29, 0.717) is 107 Å². The second kappa shape index (κ2) is 19.6. The molecule has 67 heavy (non-hydrogen) atoms. The van der Waals surface area contributed by atoms with Crippen LogP contribution in [0.5, 0.6) is 0 Å².